The number of benzene rings is 2. The van der Waals surface area contributed by atoms with Crippen molar-refractivity contribution in [2.75, 3.05) is 11.9 Å². The van der Waals surface area contributed by atoms with Crippen molar-refractivity contribution in [3.05, 3.63) is 64.9 Å². The van der Waals surface area contributed by atoms with Crippen LogP contribution in [-0.4, -0.2) is 23.5 Å². The quantitative estimate of drug-likeness (QED) is 0.749. The van der Waals surface area contributed by atoms with Gasteiger partial charge in [0.15, 0.2) is 0 Å². The fourth-order valence-corrected chi connectivity index (χ4v) is 2.07. The second-order valence-electron chi connectivity index (χ2n) is 4.71. The smallest absolute Gasteiger partial charge is 0.313 e. The first-order valence-electron chi connectivity index (χ1n) is 6.74. The normalized spacial score (nSPS) is 11.6. The topological polar surface area (TPSA) is 78.4 Å². The summed E-state index contributed by atoms with van der Waals surface area (Å²) in [4.78, 5) is 23.4. The van der Waals surface area contributed by atoms with Gasteiger partial charge in [-0.1, -0.05) is 35.9 Å². The maximum absolute atomic E-state index is 13.5. The average Bonchev–Trinajstić information content (AvgIpc) is 2.52. The van der Waals surface area contributed by atoms with Crippen LogP contribution in [0.2, 0.25) is 5.02 Å². The van der Waals surface area contributed by atoms with Crippen LogP contribution in [0.15, 0.2) is 48.5 Å². The van der Waals surface area contributed by atoms with E-state index in [2.05, 4.69) is 10.6 Å². The highest BCUT2D eigenvalue weighted by molar-refractivity contribution is 6.39. The van der Waals surface area contributed by atoms with E-state index in [9.17, 15) is 19.1 Å². The highest BCUT2D eigenvalue weighted by atomic mass is 35.5. The Bertz CT molecular complexity index is 724. The van der Waals surface area contributed by atoms with Crippen LogP contribution in [0.5, 0.6) is 0 Å². The minimum absolute atomic E-state index is 0.0445. The van der Waals surface area contributed by atoms with Crippen LogP contribution >= 0.6 is 11.6 Å². The maximum Gasteiger partial charge on any atom is 0.313 e. The van der Waals surface area contributed by atoms with E-state index in [0.717, 1.165) is 0 Å². The van der Waals surface area contributed by atoms with Gasteiger partial charge in [-0.2, -0.15) is 0 Å². The Labute approximate surface area is 137 Å². The molecule has 2 aromatic rings. The summed E-state index contributed by atoms with van der Waals surface area (Å²) >= 11 is 5.77. The van der Waals surface area contributed by atoms with E-state index in [1.165, 1.54) is 24.3 Å². The molecule has 0 bridgehead atoms. The fraction of sp³-hybridized carbons (Fsp3) is 0.125. The minimum atomic E-state index is -1.25. The number of hydrogen-bond acceptors (Lipinski definition) is 3. The molecule has 3 N–H and O–H groups in total. The molecule has 0 aliphatic heterocycles. The number of aliphatic hydroxyl groups excluding tert-OH is 1. The number of aliphatic hydroxyl groups is 1. The molecule has 2 amide bonds. The highest BCUT2D eigenvalue weighted by Crippen LogP contribution is 2.16. The second-order valence-corrected chi connectivity index (χ2v) is 5.15. The maximum atomic E-state index is 13.5. The second kappa shape index (κ2) is 7.71. The Morgan fingerprint density at radius 3 is 2.57 bits per heavy atom. The van der Waals surface area contributed by atoms with Gasteiger partial charge in [0.2, 0.25) is 0 Å². The molecular weight excluding hydrogens is 323 g/mol. The third-order valence-corrected chi connectivity index (χ3v) is 3.24. The minimum Gasteiger partial charge on any atom is -0.386 e. The van der Waals surface area contributed by atoms with Gasteiger partial charge >= 0.3 is 11.8 Å². The summed E-state index contributed by atoms with van der Waals surface area (Å²) in [6.45, 7) is -0.289. The van der Waals surface area contributed by atoms with Crippen molar-refractivity contribution in [3.8, 4) is 0 Å². The molecule has 0 aliphatic rings. The van der Waals surface area contributed by atoms with Crippen molar-refractivity contribution in [2.24, 2.45) is 0 Å². The molecule has 0 spiro atoms. The number of carbonyl (C=O) groups excluding carboxylic acids is 2. The SMILES string of the molecule is O=C(NCC(O)c1ccccc1F)C(=O)Nc1cccc(Cl)c1. The molecule has 7 heteroatoms. The summed E-state index contributed by atoms with van der Waals surface area (Å²) in [5, 5.41) is 14.9. The van der Waals surface area contributed by atoms with E-state index < -0.39 is 23.7 Å². The number of carbonyl (C=O) groups is 2. The molecule has 0 saturated heterocycles. The van der Waals surface area contributed by atoms with Gasteiger partial charge in [0.25, 0.3) is 0 Å². The van der Waals surface area contributed by atoms with Gasteiger partial charge < -0.3 is 15.7 Å². The molecule has 0 radical (unpaired) electrons. The summed E-state index contributed by atoms with van der Waals surface area (Å²) < 4.78 is 13.5. The monoisotopic (exact) mass is 336 g/mol. The summed E-state index contributed by atoms with van der Waals surface area (Å²) in [5.41, 5.74) is 0.412. The number of anilines is 1. The summed E-state index contributed by atoms with van der Waals surface area (Å²) in [6, 6.07) is 12.0. The van der Waals surface area contributed by atoms with Crippen molar-refractivity contribution < 1.29 is 19.1 Å². The highest BCUT2D eigenvalue weighted by Gasteiger charge is 2.17. The standard InChI is InChI=1S/C16H14ClFN2O3/c17-10-4-3-5-11(8-10)20-16(23)15(22)19-9-14(21)12-6-1-2-7-13(12)18/h1-8,14,21H,9H2,(H,19,22)(H,20,23). The molecule has 0 fully saturated rings. The Morgan fingerprint density at radius 1 is 1.13 bits per heavy atom. The first-order valence-corrected chi connectivity index (χ1v) is 7.12. The fourth-order valence-electron chi connectivity index (χ4n) is 1.88. The first-order chi connectivity index (χ1) is 11.0. The molecule has 2 rings (SSSR count). The molecule has 0 aliphatic carbocycles. The van der Waals surface area contributed by atoms with E-state index in [-0.39, 0.29) is 12.1 Å². The zero-order chi connectivity index (χ0) is 16.8. The lowest BCUT2D eigenvalue weighted by Crippen LogP contribution is -2.37. The van der Waals surface area contributed by atoms with Gasteiger partial charge in [-0.15, -0.1) is 0 Å². The van der Waals surface area contributed by atoms with Crippen LogP contribution in [0.3, 0.4) is 0 Å². The Balaban J connectivity index is 1.89. The molecule has 0 saturated carbocycles. The van der Waals surface area contributed by atoms with E-state index in [4.69, 9.17) is 11.6 Å². The van der Waals surface area contributed by atoms with Gasteiger partial charge in [0.1, 0.15) is 5.82 Å². The predicted molar refractivity (Wildman–Crippen MR) is 84.5 cm³/mol. The predicted octanol–water partition coefficient (Wildman–Crippen LogP) is 2.27. The van der Waals surface area contributed by atoms with Gasteiger partial charge in [0.05, 0.1) is 6.10 Å². The zero-order valence-corrected chi connectivity index (χ0v) is 12.7. The molecule has 5 nitrogen and oxygen atoms in total. The Morgan fingerprint density at radius 2 is 1.87 bits per heavy atom. The largest absolute Gasteiger partial charge is 0.386 e. The van der Waals surface area contributed by atoms with E-state index >= 15 is 0 Å². The average molecular weight is 337 g/mol. The number of halogens is 2. The van der Waals surface area contributed by atoms with Crippen LogP contribution in [0.25, 0.3) is 0 Å². The van der Waals surface area contributed by atoms with Crippen LogP contribution in [-0.2, 0) is 9.59 Å². The van der Waals surface area contributed by atoms with E-state index in [1.54, 1.807) is 24.3 Å². The number of hydrogen-bond donors (Lipinski definition) is 3. The molecule has 2 aromatic carbocycles. The summed E-state index contributed by atoms with van der Waals surface area (Å²) in [7, 11) is 0. The molecule has 120 valence electrons. The number of nitrogens with one attached hydrogen (secondary N) is 2. The van der Waals surface area contributed by atoms with Crippen LogP contribution in [0, 0.1) is 5.82 Å². The molecule has 0 aromatic heterocycles. The molecular formula is C16H14ClFN2O3. The van der Waals surface area contributed by atoms with Gasteiger partial charge in [-0.25, -0.2) is 4.39 Å². The number of rotatable bonds is 4. The van der Waals surface area contributed by atoms with Crippen molar-refractivity contribution in [1.82, 2.24) is 5.32 Å². The van der Waals surface area contributed by atoms with Crippen LogP contribution in [0.1, 0.15) is 11.7 Å². The summed E-state index contributed by atoms with van der Waals surface area (Å²) in [6.07, 6.45) is -1.25. The van der Waals surface area contributed by atoms with Crippen molar-refractivity contribution in [3.63, 3.8) is 0 Å². The molecule has 23 heavy (non-hydrogen) atoms. The van der Waals surface area contributed by atoms with E-state index in [1.807, 2.05) is 0 Å². The molecule has 1 unspecified atom stereocenters. The van der Waals surface area contributed by atoms with E-state index in [0.29, 0.717) is 10.7 Å². The lowest BCUT2D eigenvalue weighted by Gasteiger charge is -2.13. The van der Waals surface area contributed by atoms with Crippen LogP contribution < -0.4 is 10.6 Å². The zero-order valence-electron chi connectivity index (χ0n) is 11.9. The first kappa shape index (κ1) is 16.9. The third kappa shape index (κ3) is 4.77. The number of amides is 2. The van der Waals surface area contributed by atoms with Crippen molar-refractivity contribution in [1.29, 1.82) is 0 Å². The summed E-state index contributed by atoms with van der Waals surface area (Å²) in [5.74, 6) is -2.44. The van der Waals surface area contributed by atoms with Gasteiger partial charge in [0, 0.05) is 22.8 Å². The third-order valence-electron chi connectivity index (χ3n) is 3.01. The molecule has 1 atom stereocenters. The molecule has 0 heterocycles. The van der Waals surface area contributed by atoms with Gasteiger partial charge in [-0.05, 0) is 24.3 Å². The van der Waals surface area contributed by atoms with Gasteiger partial charge in [-0.3, -0.25) is 9.59 Å². The lowest BCUT2D eigenvalue weighted by molar-refractivity contribution is -0.136. The Kier molecular flexibility index (Phi) is 5.67. The van der Waals surface area contributed by atoms with Crippen LogP contribution in [0.4, 0.5) is 10.1 Å². The Hall–Kier alpha value is -2.44. The lowest BCUT2D eigenvalue weighted by atomic mass is 10.1. The van der Waals surface area contributed by atoms with Crippen molar-refractivity contribution in [2.45, 2.75) is 6.10 Å². The van der Waals surface area contributed by atoms with Crippen molar-refractivity contribution >= 4 is 29.1 Å².